The minimum atomic E-state index is 0.541. The van der Waals surface area contributed by atoms with E-state index in [0.717, 1.165) is 24.5 Å². The van der Waals surface area contributed by atoms with Crippen LogP contribution in [0.15, 0.2) is 17.1 Å². The van der Waals surface area contributed by atoms with E-state index in [1.807, 2.05) is 12.1 Å². The normalized spacial score (nSPS) is 11.0. The zero-order valence-electron chi connectivity index (χ0n) is 13.4. The molecule has 0 aliphatic heterocycles. The van der Waals surface area contributed by atoms with Crippen molar-refractivity contribution in [2.75, 3.05) is 34.9 Å². The van der Waals surface area contributed by atoms with E-state index < -0.39 is 0 Å². The quantitative estimate of drug-likeness (QED) is 0.593. The maximum absolute atomic E-state index is 5.42. The summed E-state index contributed by atoms with van der Waals surface area (Å²) in [6.07, 6.45) is 1.04. The van der Waals surface area contributed by atoms with Crippen molar-refractivity contribution >= 4 is 5.96 Å². The highest BCUT2D eigenvalue weighted by Crippen LogP contribution is 2.33. The maximum Gasteiger partial charge on any atom is 0.191 e. The van der Waals surface area contributed by atoms with Gasteiger partial charge in [-0.15, -0.1) is 0 Å². The molecule has 0 saturated carbocycles. The third kappa shape index (κ3) is 4.73. The molecule has 0 fully saturated rings. The Bertz CT molecular complexity index is 450. The van der Waals surface area contributed by atoms with Crippen molar-refractivity contribution in [3.05, 3.63) is 17.7 Å². The number of nitrogens with zero attached hydrogens (tertiary/aromatic N) is 1. The monoisotopic (exact) mass is 295 g/mol. The third-order valence-corrected chi connectivity index (χ3v) is 3.02. The molecule has 6 heteroatoms. The van der Waals surface area contributed by atoms with Gasteiger partial charge in [-0.3, -0.25) is 4.99 Å². The summed E-state index contributed by atoms with van der Waals surface area (Å²) in [6, 6.07) is 3.67. The van der Waals surface area contributed by atoms with Gasteiger partial charge in [0.25, 0.3) is 0 Å². The number of rotatable bonds is 7. The molecule has 0 aliphatic carbocycles. The van der Waals surface area contributed by atoms with Gasteiger partial charge in [0.15, 0.2) is 5.96 Å². The van der Waals surface area contributed by atoms with Crippen LogP contribution in [0.3, 0.4) is 0 Å². The van der Waals surface area contributed by atoms with Crippen LogP contribution in [0.5, 0.6) is 17.2 Å². The van der Waals surface area contributed by atoms with Crippen LogP contribution in [-0.4, -0.2) is 40.9 Å². The summed E-state index contributed by atoms with van der Waals surface area (Å²) in [5.41, 5.74) is 0.917. The molecule has 0 aromatic heterocycles. The number of hydrogen-bond donors (Lipinski definition) is 2. The second kappa shape index (κ2) is 8.94. The minimum Gasteiger partial charge on any atom is -0.496 e. The Kier molecular flexibility index (Phi) is 7.21. The molecule has 1 aromatic rings. The molecule has 118 valence electrons. The summed E-state index contributed by atoms with van der Waals surface area (Å²) in [7, 11) is 6.61. The van der Waals surface area contributed by atoms with Crippen molar-refractivity contribution in [3.8, 4) is 17.2 Å². The van der Waals surface area contributed by atoms with E-state index in [1.165, 1.54) is 0 Å². The highest BCUT2D eigenvalue weighted by Gasteiger charge is 2.13. The second-order valence-electron chi connectivity index (χ2n) is 4.36. The Morgan fingerprint density at radius 1 is 1.05 bits per heavy atom. The molecular weight excluding hydrogens is 270 g/mol. The van der Waals surface area contributed by atoms with Crippen LogP contribution >= 0.6 is 0 Å². The molecule has 1 aromatic carbocycles. The lowest BCUT2D eigenvalue weighted by Crippen LogP contribution is -2.37. The number of nitrogens with one attached hydrogen (secondary N) is 2. The van der Waals surface area contributed by atoms with Gasteiger partial charge in [-0.25, -0.2) is 0 Å². The number of guanidine groups is 1. The fourth-order valence-electron chi connectivity index (χ4n) is 1.89. The third-order valence-electron chi connectivity index (χ3n) is 3.02. The van der Waals surface area contributed by atoms with Gasteiger partial charge in [0.05, 0.1) is 33.4 Å². The second-order valence-corrected chi connectivity index (χ2v) is 4.36. The largest absolute Gasteiger partial charge is 0.496 e. The molecule has 0 radical (unpaired) electrons. The van der Waals surface area contributed by atoms with Crippen molar-refractivity contribution in [1.82, 2.24) is 10.6 Å². The Morgan fingerprint density at radius 3 is 2.10 bits per heavy atom. The smallest absolute Gasteiger partial charge is 0.191 e. The Labute approximate surface area is 126 Å². The van der Waals surface area contributed by atoms with Crippen LogP contribution in [0, 0.1) is 0 Å². The maximum atomic E-state index is 5.42. The minimum absolute atomic E-state index is 0.541. The SMILES string of the molecule is CCCNC(=NC)NCc1c(OC)cc(OC)cc1OC. The molecule has 0 spiro atoms. The van der Waals surface area contributed by atoms with Gasteiger partial charge in [-0.1, -0.05) is 6.92 Å². The average Bonchev–Trinajstić information content (AvgIpc) is 2.54. The number of methoxy groups -OCH3 is 3. The summed E-state index contributed by atoms with van der Waals surface area (Å²) in [6.45, 7) is 3.52. The number of benzene rings is 1. The number of aliphatic imine (C=N–C) groups is 1. The summed E-state index contributed by atoms with van der Waals surface area (Å²) in [5.74, 6) is 2.87. The zero-order valence-corrected chi connectivity index (χ0v) is 13.4. The average molecular weight is 295 g/mol. The van der Waals surface area contributed by atoms with Gasteiger partial charge in [-0.05, 0) is 6.42 Å². The van der Waals surface area contributed by atoms with Gasteiger partial charge < -0.3 is 24.8 Å². The zero-order chi connectivity index (χ0) is 15.7. The highest BCUT2D eigenvalue weighted by atomic mass is 16.5. The van der Waals surface area contributed by atoms with Crippen LogP contribution in [0.25, 0.3) is 0 Å². The van der Waals surface area contributed by atoms with E-state index in [1.54, 1.807) is 28.4 Å². The number of ether oxygens (including phenoxy) is 3. The first-order chi connectivity index (χ1) is 10.2. The van der Waals surface area contributed by atoms with Crippen LogP contribution in [0.4, 0.5) is 0 Å². The van der Waals surface area contributed by atoms with Gasteiger partial charge in [0.2, 0.25) is 0 Å². The van der Waals surface area contributed by atoms with Gasteiger partial charge in [-0.2, -0.15) is 0 Å². The van der Waals surface area contributed by atoms with Crippen molar-refractivity contribution in [1.29, 1.82) is 0 Å². The predicted octanol–water partition coefficient (Wildman–Crippen LogP) is 1.79. The molecule has 6 nitrogen and oxygen atoms in total. The van der Waals surface area contributed by atoms with E-state index in [4.69, 9.17) is 14.2 Å². The molecule has 0 atom stereocenters. The molecule has 1 rings (SSSR count). The van der Waals surface area contributed by atoms with Crippen LogP contribution in [0.1, 0.15) is 18.9 Å². The van der Waals surface area contributed by atoms with E-state index >= 15 is 0 Å². The fraction of sp³-hybridized carbons (Fsp3) is 0.533. The molecular formula is C15H25N3O3. The summed E-state index contributed by atoms with van der Waals surface area (Å²) < 4.78 is 16.1. The molecule has 21 heavy (non-hydrogen) atoms. The molecule has 0 saturated heterocycles. The van der Waals surface area contributed by atoms with Gasteiger partial charge >= 0.3 is 0 Å². The lowest BCUT2D eigenvalue weighted by Gasteiger charge is -2.17. The Hall–Kier alpha value is -2.11. The van der Waals surface area contributed by atoms with E-state index in [0.29, 0.717) is 23.8 Å². The lowest BCUT2D eigenvalue weighted by molar-refractivity contribution is 0.368. The van der Waals surface area contributed by atoms with Crippen LogP contribution < -0.4 is 24.8 Å². The highest BCUT2D eigenvalue weighted by molar-refractivity contribution is 5.79. The van der Waals surface area contributed by atoms with E-state index in [2.05, 4.69) is 22.5 Å². The molecule has 0 amide bonds. The topological polar surface area (TPSA) is 64.1 Å². The molecule has 0 unspecified atom stereocenters. The van der Waals surface area contributed by atoms with Crippen molar-refractivity contribution in [3.63, 3.8) is 0 Å². The van der Waals surface area contributed by atoms with Crippen molar-refractivity contribution in [2.45, 2.75) is 19.9 Å². The van der Waals surface area contributed by atoms with Gasteiger partial charge in [0, 0.05) is 25.7 Å². The molecule has 0 aliphatic rings. The van der Waals surface area contributed by atoms with E-state index in [9.17, 15) is 0 Å². The first-order valence-electron chi connectivity index (χ1n) is 6.93. The van der Waals surface area contributed by atoms with Crippen LogP contribution in [-0.2, 0) is 6.54 Å². The van der Waals surface area contributed by atoms with E-state index in [-0.39, 0.29) is 0 Å². The summed E-state index contributed by atoms with van der Waals surface area (Å²) in [5, 5.41) is 6.46. The van der Waals surface area contributed by atoms with Crippen molar-refractivity contribution < 1.29 is 14.2 Å². The molecule has 0 heterocycles. The first-order valence-corrected chi connectivity index (χ1v) is 6.93. The Morgan fingerprint density at radius 2 is 1.67 bits per heavy atom. The fourth-order valence-corrected chi connectivity index (χ4v) is 1.89. The predicted molar refractivity (Wildman–Crippen MR) is 84.6 cm³/mol. The number of hydrogen-bond acceptors (Lipinski definition) is 4. The molecule has 2 N–H and O–H groups in total. The lowest BCUT2D eigenvalue weighted by atomic mass is 10.1. The summed E-state index contributed by atoms with van der Waals surface area (Å²) >= 11 is 0. The van der Waals surface area contributed by atoms with Crippen molar-refractivity contribution in [2.24, 2.45) is 4.99 Å². The summed E-state index contributed by atoms with van der Waals surface area (Å²) in [4.78, 5) is 4.17. The first kappa shape index (κ1) is 16.9. The standard InChI is InChI=1S/C15H25N3O3/c1-6-7-17-15(16-2)18-10-12-13(20-4)8-11(19-3)9-14(12)21-5/h8-9H,6-7,10H2,1-5H3,(H2,16,17,18). The Balaban J connectivity index is 2.90. The van der Waals surface area contributed by atoms with Gasteiger partial charge in [0.1, 0.15) is 17.2 Å². The van der Waals surface area contributed by atoms with Crippen LogP contribution in [0.2, 0.25) is 0 Å². The molecule has 0 bridgehead atoms.